The third-order valence-electron chi connectivity index (χ3n) is 1.68. The second kappa shape index (κ2) is 3.53. The fourth-order valence-electron chi connectivity index (χ4n) is 1.17. The molecule has 0 aromatic rings. The Labute approximate surface area is 59.1 Å². The smallest absolute Gasteiger partial charge is 0.313 e. The molecule has 0 bridgehead atoms. The highest BCUT2D eigenvalue weighted by atomic mass is 17.1. The number of hydrogen-bond donors (Lipinski definition) is 2. The van der Waals surface area contributed by atoms with Gasteiger partial charge in [-0.25, -0.2) is 4.79 Å². The Balaban J connectivity index is 2.17. The summed E-state index contributed by atoms with van der Waals surface area (Å²) in [6.07, 6.45) is 2.37. The summed E-state index contributed by atoms with van der Waals surface area (Å²) in [4.78, 5) is 14.0. The Hall–Kier alpha value is -0.610. The quantitative estimate of drug-likeness (QED) is 0.429. The standard InChI is InChI=1S/C6H11NO3/c8-6(10-9)4-5-2-1-3-7-5/h5,7,9H,1-4H2. The van der Waals surface area contributed by atoms with E-state index in [0.29, 0.717) is 0 Å². The zero-order valence-electron chi connectivity index (χ0n) is 5.67. The lowest BCUT2D eigenvalue weighted by atomic mass is 10.2. The molecule has 0 amide bonds. The van der Waals surface area contributed by atoms with Crippen LogP contribution in [0.4, 0.5) is 0 Å². The summed E-state index contributed by atoms with van der Waals surface area (Å²) < 4.78 is 0. The second-order valence-electron chi connectivity index (χ2n) is 2.46. The van der Waals surface area contributed by atoms with Crippen molar-refractivity contribution in [2.24, 2.45) is 0 Å². The van der Waals surface area contributed by atoms with E-state index in [1.807, 2.05) is 0 Å². The lowest BCUT2D eigenvalue weighted by Gasteiger charge is -2.05. The predicted octanol–water partition coefficient (Wildman–Crippen LogP) is 0.145. The maximum Gasteiger partial charge on any atom is 0.343 e. The first-order chi connectivity index (χ1) is 4.83. The van der Waals surface area contributed by atoms with E-state index in [-0.39, 0.29) is 12.5 Å². The van der Waals surface area contributed by atoms with Crippen LogP contribution in [0, 0.1) is 0 Å². The Morgan fingerprint density at radius 2 is 2.60 bits per heavy atom. The SMILES string of the molecule is O=C(CC1CCCN1)OO. The summed E-state index contributed by atoms with van der Waals surface area (Å²) in [6, 6.07) is 0.208. The van der Waals surface area contributed by atoms with Crippen LogP contribution in [0.1, 0.15) is 19.3 Å². The fourth-order valence-corrected chi connectivity index (χ4v) is 1.17. The van der Waals surface area contributed by atoms with Gasteiger partial charge in [0.2, 0.25) is 0 Å². The Morgan fingerprint density at radius 3 is 3.10 bits per heavy atom. The molecule has 0 saturated carbocycles. The highest BCUT2D eigenvalue weighted by molar-refractivity contribution is 5.69. The highest BCUT2D eigenvalue weighted by Crippen LogP contribution is 2.08. The van der Waals surface area contributed by atoms with Gasteiger partial charge in [-0.1, -0.05) is 0 Å². The topological polar surface area (TPSA) is 58.6 Å². The highest BCUT2D eigenvalue weighted by Gasteiger charge is 2.18. The van der Waals surface area contributed by atoms with Crippen LogP contribution in [0.15, 0.2) is 0 Å². The van der Waals surface area contributed by atoms with Crippen molar-refractivity contribution in [2.75, 3.05) is 6.54 Å². The molecule has 1 fully saturated rings. The first-order valence-electron chi connectivity index (χ1n) is 3.40. The molecular formula is C6H11NO3. The zero-order chi connectivity index (χ0) is 7.40. The van der Waals surface area contributed by atoms with Gasteiger partial charge in [-0.05, 0) is 19.4 Å². The van der Waals surface area contributed by atoms with E-state index in [2.05, 4.69) is 10.2 Å². The summed E-state index contributed by atoms with van der Waals surface area (Å²) in [5.74, 6) is -0.556. The van der Waals surface area contributed by atoms with E-state index in [1.54, 1.807) is 0 Å². The molecule has 1 rings (SSSR count). The molecule has 0 aromatic carbocycles. The van der Waals surface area contributed by atoms with Crippen LogP contribution >= 0.6 is 0 Å². The normalized spacial score (nSPS) is 24.7. The lowest BCUT2D eigenvalue weighted by molar-refractivity contribution is -0.234. The summed E-state index contributed by atoms with van der Waals surface area (Å²) >= 11 is 0. The number of rotatable bonds is 2. The number of nitrogens with one attached hydrogen (secondary N) is 1. The van der Waals surface area contributed by atoms with Crippen molar-refractivity contribution >= 4 is 5.97 Å². The second-order valence-corrected chi connectivity index (χ2v) is 2.46. The molecule has 58 valence electrons. The molecular weight excluding hydrogens is 134 g/mol. The van der Waals surface area contributed by atoms with Crippen molar-refractivity contribution in [2.45, 2.75) is 25.3 Å². The van der Waals surface area contributed by atoms with E-state index < -0.39 is 5.97 Å². The van der Waals surface area contributed by atoms with Crippen LogP contribution in [0.3, 0.4) is 0 Å². The fraction of sp³-hybridized carbons (Fsp3) is 0.833. The zero-order valence-corrected chi connectivity index (χ0v) is 5.67. The summed E-state index contributed by atoms with van der Waals surface area (Å²) in [6.45, 7) is 0.962. The first-order valence-corrected chi connectivity index (χ1v) is 3.40. The maximum absolute atomic E-state index is 10.5. The van der Waals surface area contributed by atoms with Gasteiger partial charge in [0.05, 0.1) is 6.42 Å². The number of hydrogen-bond acceptors (Lipinski definition) is 4. The average Bonchev–Trinajstić information content (AvgIpc) is 2.40. The molecule has 1 heterocycles. The number of carbonyl (C=O) groups excluding carboxylic acids is 1. The molecule has 0 aromatic heterocycles. The minimum Gasteiger partial charge on any atom is -0.313 e. The molecule has 1 unspecified atom stereocenters. The van der Waals surface area contributed by atoms with Crippen LogP contribution in [-0.2, 0) is 9.68 Å². The van der Waals surface area contributed by atoms with Gasteiger partial charge >= 0.3 is 5.97 Å². The molecule has 4 heteroatoms. The van der Waals surface area contributed by atoms with Crippen LogP contribution in [0.2, 0.25) is 0 Å². The Kier molecular flexibility index (Phi) is 2.65. The first kappa shape index (κ1) is 7.50. The van der Waals surface area contributed by atoms with E-state index in [1.165, 1.54) is 0 Å². The summed E-state index contributed by atoms with van der Waals surface area (Å²) in [5, 5.41) is 11.0. The predicted molar refractivity (Wildman–Crippen MR) is 34.4 cm³/mol. The molecule has 1 aliphatic rings. The van der Waals surface area contributed by atoms with E-state index in [0.717, 1.165) is 19.4 Å². The van der Waals surface area contributed by atoms with Gasteiger partial charge in [0.1, 0.15) is 0 Å². The molecule has 2 N–H and O–H groups in total. The summed E-state index contributed by atoms with van der Waals surface area (Å²) in [7, 11) is 0. The van der Waals surface area contributed by atoms with Gasteiger partial charge in [-0.15, -0.1) is 0 Å². The largest absolute Gasteiger partial charge is 0.343 e. The molecule has 1 aliphatic heterocycles. The van der Waals surface area contributed by atoms with Gasteiger partial charge in [-0.2, -0.15) is 5.26 Å². The molecule has 10 heavy (non-hydrogen) atoms. The van der Waals surface area contributed by atoms with E-state index in [4.69, 9.17) is 5.26 Å². The van der Waals surface area contributed by atoms with Crippen molar-refractivity contribution in [3.05, 3.63) is 0 Å². The third kappa shape index (κ3) is 1.97. The minimum absolute atomic E-state index is 0.208. The van der Waals surface area contributed by atoms with Crippen molar-refractivity contribution < 1.29 is 14.9 Å². The number of carbonyl (C=O) groups is 1. The van der Waals surface area contributed by atoms with Gasteiger partial charge in [0.15, 0.2) is 0 Å². The van der Waals surface area contributed by atoms with Crippen molar-refractivity contribution in [3.8, 4) is 0 Å². The Bertz CT molecular complexity index is 120. The maximum atomic E-state index is 10.5. The molecule has 4 nitrogen and oxygen atoms in total. The van der Waals surface area contributed by atoms with Crippen molar-refractivity contribution in [1.29, 1.82) is 0 Å². The Morgan fingerprint density at radius 1 is 1.80 bits per heavy atom. The minimum atomic E-state index is -0.556. The van der Waals surface area contributed by atoms with Gasteiger partial charge in [0.25, 0.3) is 0 Å². The van der Waals surface area contributed by atoms with E-state index >= 15 is 0 Å². The molecule has 1 atom stereocenters. The van der Waals surface area contributed by atoms with Crippen LogP contribution in [0.5, 0.6) is 0 Å². The summed E-state index contributed by atoms with van der Waals surface area (Å²) in [5.41, 5.74) is 0. The van der Waals surface area contributed by atoms with Crippen molar-refractivity contribution in [3.63, 3.8) is 0 Å². The molecule has 0 aliphatic carbocycles. The van der Waals surface area contributed by atoms with Gasteiger partial charge in [-0.3, -0.25) is 0 Å². The van der Waals surface area contributed by atoms with Crippen LogP contribution in [-0.4, -0.2) is 23.8 Å². The lowest BCUT2D eigenvalue weighted by Crippen LogP contribution is -2.24. The monoisotopic (exact) mass is 145 g/mol. The van der Waals surface area contributed by atoms with E-state index in [9.17, 15) is 4.79 Å². The molecule has 0 radical (unpaired) electrons. The van der Waals surface area contributed by atoms with Crippen LogP contribution < -0.4 is 5.32 Å². The molecule has 1 saturated heterocycles. The van der Waals surface area contributed by atoms with Crippen LogP contribution in [0.25, 0.3) is 0 Å². The van der Waals surface area contributed by atoms with Crippen molar-refractivity contribution in [1.82, 2.24) is 5.32 Å². The molecule has 0 spiro atoms. The van der Waals surface area contributed by atoms with Gasteiger partial charge in [0, 0.05) is 6.04 Å². The average molecular weight is 145 g/mol. The van der Waals surface area contributed by atoms with Gasteiger partial charge < -0.3 is 10.2 Å². The third-order valence-corrected chi connectivity index (χ3v) is 1.68.